The molecule has 0 atom stereocenters. The number of anilines is 1. The van der Waals surface area contributed by atoms with Gasteiger partial charge < -0.3 is 14.8 Å². The van der Waals surface area contributed by atoms with E-state index in [1.54, 1.807) is 14.2 Å². The second kappa shape index (κ2) is 6.34. The zero-order valence-electron chi connectivity index (χ0n) is 10.9. The molecular formula is C15H16ClNO2. The summed E-state index contributed by atoms with van der Waals surface area (Å²) in [5.41, 5.74) is 2.04. The van der Waals surface area contributed by atoms with Crippen molar-refractivity contribution in [2.45, 2.75) is 6.54 Å². The Morgan fingerprint density at radius 3 is 2.42 bits per heavy atom. The maximum atomic E-state index is 6.09. The van der Waals surface area contributed by atoms with Crippen molar-refractivity contribution < 1.29 is 9.47 Å². The lowest BCUT2D eigenvalue weighted by molar-refractivity contribution is 0.415. The topological polar surface area (TPSA) is 30.5 Å². The van der Waals surface area contributed by atoms with E-state index in [1.807, 2.05) is 42.5 Å². The third-order valence-corrected chi connectivity index (χ3v) is 3.10. The van der Waals surface area contributed by atoms with Gasteiger partial charge in [-0.25, -0.2) is 0 Å². The molecule has 2 aromatic carbocycles. The number of rotatable bonds is 5. The van der Waals surface area contributed by atoms with Crippen molar-refractivity contribution in [2.24, 2.45) is 0 Å². The number of hydrogen-bond donors (Lipinski definition) is 1. The molecule has 2 rings (SSSR count). The number of nitrogens with one attached hydrogen (secondary N) is 1. The van der Waals surface area contributed by atoms with E-state index in [0.29, 0.717) is 17.3 Å². The van der Waals surface area contributed by atoms with Crippen LogP contribution in [0.5, 0.6) is 11.5 Å². The van der Waals surface area contributed by atoms with Crippen LogP contribution in [-0.4, -0.2) is 14.2 Å². The second-order valence-electron chi connectivity index (χ2n) is 4.02. The van der Waals surface area contributed by atoms with Gasteiger partial charge in [0, 0.05) is 6.54 Å². The Morgan fingerprint density at radius 1 is 1.00 bits per heavy atom. The van der Waals surface area contributed by atoms with Crippen LogP contribution in [-0.2, 0) is 6.54 Å². The monoisotopic (exact) mass is 277 g/mol. The standard InChI is InChI=1S/C15H16ClNO2/c1-18-14-8-7-11(9-12(14)16)10-17-13-5-3-4-6-15(13)19-2/h3-9,17H,10H2,1-2H3. The molecule has 3 nitrogen and oxygen atoms in total. The largest absolute Gasteiger partial charge is 0.495 e. The molecule has 0 unspecified atom stereocenters. The summed E-state index contributed by atoms with van der Waals surface area (Å²) in [6.45, 7) is 0.671. The molecule has 4 heteroatoms. The molecule has 0 fully saturated rings. The summed E-state index contributed by atoms with van der Waals surface area (Å²) in [7, 11) is 3.26. The molecule has 0 radical (unpaired) electrons. The molecule has 0 aliphatic rings. The number of methoxy groups -OCH3 is 2. The Bertz CT molecular complexity index is 558. The van der Waals surface area contributed by atoms with Gasteiger partial charge in [-0.2, -0.15) is 0 Å². The smallest absolute Gasteiger partial charge is 0.141 e. The highest BCUT2D eigenvalue weighted by atomic mass is 35.5. The number of para-hydroxylation sites is 2. The van der Waals surface area contributed by atoms with Crippen LogP contribution in [0.1, 0.15) is 5.56 Å². The van der Waals surface area contributed by atoms with Crippen LogP contribution >= 0.6 is 11.6 Å². The minimum Gasteiger partial charge on any atom is -0.495 e. The molecule has 100 valence electrons. The van der Waals surface area contributed by atoms with Crippen LogP contribution < -0.4 is 14.8 Å². The number of hydrogen-bond acceptors (Lipinski definition) is 3. The average molecular weight is 278 g/mol. The van der Waals surface area contributed by atoms with Gasteiger partial charge >= 0.3 is 0 Å². The lowest BCUT2D eigenvalue weighted by Crippen LogP contribution is -2.01. The van der Waals surface area contributed by atoms with Gasteiger partial charge in [-0.15, -0.1) is 0 Å². The van der Waals surface area contributed by atoms with Gasteiger partial charge in [0.1, 0.15) is 11.5 Å². The molecule has 0 saturated heterocycles. The van der Waals surface area contributed by atoms with E-state index in [0.717, 1.165) is 17.0 Å². The van der Waals surface area contributed by atoms with Gasteiger partial charge in [-0.1, -0.05) is 29.8 Å². The first-order chi connectivity index (χ1) is 9.24. The molecule has 0 bridgehead atoms. The molecule has 0 amide bonds. The van der Waals surface area contributed by atoms with Crippen molar-refractivity contribution in [1.82, 2.24) is 0 Å². The normalized spacial score (nSPS) is 10.1. The van der Waals surface area contributed by atoms with E-state index in [4.69, 9.17) is 21.1 Å². The van der Waals surface area contributed by atoms with Crippen LogP contribution in [0.2, 0.25) is 5.02 Å². The predicted octanol–water partition coefficient (Wildman–Crippen LogP) is 3.97. The lowest BCUT2D eigenvalue weighted by atomic mass is 10.2. The molecular weight excluding hydrogens is 262 g/mol. The summed E-state index contributed by atoms with van der Waals surface area (Å²) in [6, 6.07) is 13.5. The highest BCUT2D eigenvalue weighted by molar-refractivity contribution is 6.32. The number of halogens is 1. The van der Waals surface area contributed by atoms with Crippen molar-refractivity contribution in [3.63, 3.8) is 0 Å². The highest BCUT2D eigenvalue weighted by Gasteiger charge is 2.04. The van der Waals surface area contributed by atoms with Gasteiger partial charge in [0.05, 0.1) is 24.9 Å². The molecule has 2 aromatic rings. The minimum absolute atomic E-state index is 0.613. The number of benzene rings is 2. The number of ether oxygens (including phenoxy) is 2. The maximum Gasteiger partial charge on any atom is 0.141 e. The summed E-state index contributed by atoms with van der Waals surface area (Å²) in [5.74, 6) is 1.50. The van der Waals surface area contributed by atoms with E-state index in [1.165, 1.54) is 0 Å². The van der Waals surface area contributed by atoms with Crippen molar-refractivity contribution >= 4 is 17.3 Å². The van der Waals surface area contributed by atoms with Crippen LogP contribution in [0, 0.1) is 0 Å². The fraction of sp³-hybridized carbons (Fsp3) is 0.200. The van der Waals surface area contributed by atoms with E-state index in [9.17, 15) is 0 Å². The van der Waals surface area contributed by atoms with E-state index in [-0.39, 0.29) is 0 Å². The summed E-state index contributed by atoms with van der Waals surface area (Å²) in [4.78, 5) is 0. The van der Waals surface area contributed by atoms with Crippen LogP contribution in [0.4, 0.5) is 5.69 Å². The van der Waals surface area contributed by atoms with Crippen molar-refractivity contribution in [1.29, 1.82) is 0 Å². The van der Waals surface area contributed by atoms with Crippen LogP contribution in [0.25, 0.3) is 0 Å². The van der Waals surface area contributed by atoms with Gasteiger partial charge in [-0.3, -0.25) is 0 Å². The Balaban J connectivity index is 2.08. The first-order valence-corrected chi connectivity index (χ1v) is 6.31. The van der Waals surface area contributed by atoms with Gasteiger partial charge in [0.2, 0.25) is 0 Å². The lowest BCUT2D eigenvalue weighted by Gasteiger charge is -2.11. The first-order valence-electron chi connectivity index (χ1n) is 5.94. The van der Waals surface area contributed by atoms with Gasteiger partial charge in [0.25, 0.3) is 0 Å². The van der Waals surface area contributed by atoms with Gasteiger partial charge in [-0.05, 0) is 29.8 Å². The average Bonchev–Trinajstić information content (AvgIpc) is 2.45. The quantitative estimate of drug-likeness (QED) is 0.897. The fourth-order valence-electron chi connectivity index (χ4n) is 1.81. The summed E-state index contributed by atoms with van der Waals surface area (Å²) < 4.78 is 10.4. The Morgan fingerprint density at radius 2 is 1.74 bits per heavy atom. The van der Waals surface area contributed by atoms with Crippen molar-refractivity contribution in [2.75, 3.05) is 19.5 Å². The molecule has 19 heavy (non-hydrogen) atoms. The molecule has 0 aromatic heterocycles. The van der Waals surface area contributed by atoms with E-state index < -0.39 is 0 Å². The van der Waals surface area contributed by atoms with Crippen molar-refractivity contribution in [3.8, 4) is 11.5 Å². The SMILES string of the molecule is COc1ccc(CNc2ccccc2OC)cc1Cl. The summed E-state index contributed by atoms with van der Waals surface area (Å²) in [6.07, 6.45) is 0. The summed E-state index contributed by atoms with van der Waals surface area (Å²) in [5, 5.41) is 3.93. The molecule has 0 spiro atoms. The molecule has 0 aliphatic heterocycles. The van der Waals surface area contributed by atoms with E-state index in [2.05, 4.69) is 5.32 Å². The highest BCUT2D eigenvalue weighted by Crippen LogP contribution is 2.27. The Labute approximate surface area is 118 Å². The predicted molar refractivity (Wildman–Crippen MR) is 78.3 cm³/mol. The second-order valence-corrected chi connectivity index (χ2v) is 4.43. The third-order valence-electron chi connectivity index (χ3n) is 2.81. The third kappa shape index (κ3) is 3.32. The maximum absolute atomic E-state index is 6.09. The minimum atomic E-state index is 0.613. The molecule has 1 N–H and O–H groups in total. The van der Waals surface area contributed by atoms with Crippen molar-refractivity contribution in [3.05, 3.63) is 53.1 Å². The van der Waals surface area contributed by atoms with E-state index >= 15 is 0 Å². The molecule has 0 heterocycles. The van der Waals surface area contributed by atoms with Crippen LogP contribution in [0.15, 0.2) is 42.5 Å². The zero-order chi connectivity index (χ0) is 13.7. The fourth-order valence-corrected chi connectivity index (χ4v) is 2.09. The summed E-state index contributed by atoms with van der Waals surface area (Å²) >= 11 is 6.09. The Hall–Kier alpha value is -1.87. The molecule has 0 saturated carbocycles. The van der Waals surface area contributed by atoms with Crippen LogP contribution in [0.3, 0.4) is 0 Å². The van der Waals surface area contributed by atoms with Gasteiger partial charge in [0.15, 0.2) is 0 Å². The molecule has 0 aliphatic carbocycles. The Kier molecular flexibility index (Phi) is 4.53. The zero-order valence-corrected chi connectivity index (χ0v) is 11.7. The first kappa shape index (κ1) is 13.6.